The van der Waals surface area contributed by atoms with Crippen LogP contribution in [0.2, 0.25) is 0 Å². The van der Waals surface area contributed by atoms with Crippen molar-refractivity contribution in [2.45, 2.75) is 33.1 Å². The highest BCUT2D eigenvalue weighted by molar-refractivity contribution is 7.13. The summed E-state index contributed by atoms with van der Waals surface area (Å²) in [6.45, 7) is 6.39. The molecule has 68 valence electrons. The first-order valence-corrected chi connectivity index (χ1v) is 5.04. The van der Waals surface area contributed by atoms with E-state index in [4.69, 9.17) is 4.74 Å². The Balaban J connectivity index is 3.00. The molecule has 0 bridgehead atoms. The van der Waals surface area contributed by atoms with Crippen molar-refractivity contribution in [3.8, 4) is 5.06 Å². The SMILES string of the molecule is CCc1nc(C(C)C)c(OC)s1. The minimum atomic E-state index is 0.455. The molecular formula is C9H15NOS. The Kier molecular flexibility index (Phi) is 3.09. The van der Waals surface area contributed by atoms with Crippen molar-refractivity contribution in [2.75, 3.05) is 7.11 Å². The van der Waals surface area contributed by atoms with Gasteiger partial charge in [-0.05, 0) is 6.42 Å². The largest absolute Gasteiger partial charge is 0.486 e. The lowest BCUT2D eigenvalue weighted by atomic mass is 10.1. The second-order valence-corrected chi connectivity index (χ2v) is 4.04. The van der Waals surface area contributed by atoms with E-state index in [2.05, 4.69) is 25.8 Å². The zero-order valence-electron chi connectivity index (χ0n) is 8.05. The van der Waals surface area contributed by atoms with Crippen LogP contribution in [0.15, 0.2) is 0 Å². The van der Waals surface area contributed by atoms with Crippen LogP contribution in [-0.4, -0.2) is 12.1 Å². The normalized spacial score (nSPS) is 10.8. The molecule has 0 aromatic carbocycles. The van der Waals surface area contributed by atoms with Gasteiger partial charge in [0.15, 0.2) is 5.06 Å². The summed E-state index contributed by atoms with van der Waals surface area (Å²) in [6.07, 6.45) is 0.994. The maximum absolute atomic E-state index is 5.25. The Labute approximate surface area is 77.6 Å². The number of aromatic nitrogens is 1. The first kappa shape index (κ1) is 9.52. The minimum absolute atomic E-state index is 0.455. The van der Waals surface area contributed by atoms with E-state index in [0.717, 1.165) is 22.2 Å². The van der Waals surface area contributed by atoms with Crippen LogP contribution < -0.4 is 4.74 Å². The Morgan fingerprint density at radius 2 is 2.17 bits per heavy atom. The van der Waals surface area contributed by atoms with Gasteiger partial charge in [0, 0.05) is 5.92 Å². The summed E-state index contributed by atoms with van der Waals surface area (Å²) in [4.78, 5) is 4.49. The predicted molar refractivity (Wildman–Crippen MR) is 52.1 cm³/mol. The molecule has 0 amide bonds. The fourth-order valence-electron chi connectivity index (χ4n) is 1.02. The molecule has 0 aliphatic rings. The molecule has 1 aromatic heterocycles. The molecule has 1 aromatic rings. The molecule has 0 aliphatic carbocycles. The summed E-state index contributed by atoms with van der Waals surface area (Å²) in [5.74, 6) is 0.455. The molecule has 0 atom stereocenters. The third-order valence-corrected chi connectivity index (χ3v) is 2.88. The maximum atomic E-state index is 5.25. The van der Waals surface area contributed by atoms with Crippen LogP contribution in [0.3, 0.4) is 0 Å². The molecule has 12 heavy (non-hydrogen) atoms. The third-order valence-electron chi connectivity index (χ3n) is 1.70. The lowest BCUT2D eigenvalue weighted by molar-refractivity contribution is 0.418. The van der Waals surface area contributed by atoms with Crippen molar-refractivity contribution in [1.29, 1.82) is 0 Å². The number of ether oxygens (including phenoxy) is 1. The van der Waals surface area contributed by atoms with Crippen LogP contribution >= 0.6 is 11.3 Å². The molecule has 0 aliphatic heterocycles. The van der Waals surface area contributed by atoms with Crippen molar-refractivity contribution < 1.29 is 4.74 Å². The standard InChI is InChI=1S/C9H15NOS/c1-5-7-10-8(6(2)3)9(11-4)12-7/h6H,5H2,1-4H3. The predicted octanol–water partition coefficient (Wildman–Crippen LogP) is 2.84. The first-order chi connectivity index (χ1) is 5.69. The van der Waals surface area contributed by atoms with Gasteiger partial charge in [-0.25, -0.2) is 4.98 Å². The molecule has 0 unspecified atom stereocenters. The molecule has 0 saturated carbocycles. The van der Waals surface area contributed by atoms with Gasteiger partial charge >= 0.3 is 0 Å². The first-order valence-electron chi connectivity index (χ1n) is 4.22. The number of methoxy groups -OCH3 is 1. The molecule has 0 radical (unpaired) electrons. The molecule has 0 N–H and O–H groups in total. The molecule has 0 saturated heterocycles. The van der Waals surface area contributed by atoms with Crippen molar-refractivity contribution in [3.63, 3.8) is 0 Å². The van der Waals surface area contributed by atoms with E-state index in [1.807, 2.05) is 0 Å². The summed E-state index contributed by atoms with van der Waals surface area (Å²) in [5.41, 5.74) is 1.10. The van der Waals surface area contributed by atoms with Crippen LogP contribution in [0.4, 0.5) is 0 Å². The molecule has 1 rings (SSSR count). The summed E-state index contributed by atoms with van der Waals surface area (Å²) in [6, 6.07) is 0. The Hall–Kier alpha value is -0.570. The maximum Gasteiger partial charge on any atom is 0.197 e. The fourth-order valence-corrected chi connectivity index (χ4v) is 2.00. The van der Waals surface area contributed by atoms with Gasteiger partial charge in [0.1, 0.15) is 0 Å². The zero-order valence-corrected chi connectivity index (χ0v) is 8.86. The van der Waals surface area contributed by atoms with E-state index in [1.54, 1.807) is 18.4 Å². The van der Waals surface area contributed by atoms with Gasteiger partial charge in [0.05, 0.1) is 17.8 Å². The number of thiazole rings is 1. The number of nitrogens with zero attached hydrogens (tertiary/aromatic N) is 1. The van der Waals surface area contributed by atoms with E-state index >= 15 is 0 Å². The van der Waals surface area contributed by atoms with Crippen molar-refractivity contribution in [2.24, 2.45) is 0 Å². The van der Waals surface area contributed by atoms with Gasteiger partial charge in [0.2, 0.25) is 0 Å². The van der Waals surface area contributed by atoms with Gasteiger partial charge in [0.25, 0.3) is 0 Å². The Morgan fingerprint density at radius 3 is 2.50 bits per heavy atom. The van der Waals surface area contributed by atoms with E-state index in [1.165, 1.54) is 0 Å². The van der Waals surface area contributed by atoms with E-state index in [9.17, 15) is 0 Å². The second kappa shape index (κ2) is 3.90. The van der Waals surface area contributed by atoms with Gasteiger partial charge in [-0.3, -0.25) is 0 Å². The molecule has 1 heterocycles. The highest BCUT2D eigenvalue weighted by Crippen LogP contribution is 2.32. The van der Waals surface area contributed by atoms with Crippen LogP contribution in [0.1, 0.15) is 37.4 Å². The van der Waals surface area contributed by atoms with Gasteiger partial charge < -0.3 is 4.74 Å². The van der Waals surface area contributed by atoms with Gasteiger partial charge in [-0.2, -0.15) is 0 Å². The molecule has 3 heteroatoms. The third kappa shape index (κ3) is 1.78. The van der Waals surface area contributed by atoms with Crippen LogP contribution in [0, 0.1) is 0 Å². The van der Waals surface area contributed by atoms with Crippen molar-refractivity contribution in [3.05, 3.63) is 10.7 Å². The quantitative estimate of drug-likeness (QED) is 0.722. The fraction of sp³-hybridized carbons (Fsp3) is 0.667. The molecular weight excluding hydrogens is 170 g/mol. The Bertz CT molecular complexity index is 255. The Morgan fingerprint density at radius 1 is 1.50 bits per heavy atom. The molecule has 0 fully saturated rings. The van der Waals surface area contributed by atoms with Crippen molar-refractivity contribution in [1.82, 2.24) is 4.98 Å². The number of hydrogen-bond acceptors (Lipinski definition) is 3. The smallest absolute Gasteiger partial charge is 0.197 e. The highest BCUT2D eigenvalue weighted by Gasteiger charge is 2.13. The van der Waals surface area contributed by atoms with E-state index in [0.29, 0.717) is 5.92 Å². The average Bonchev–Trinajstić information content (AvgIpc) is 2.47. The minimum Gasteiger partial charge on any atom is -0.486 e. The summed E-state index contributed by atoms with van der Waals surface area (Å²) in [7, 11) is 1.71. The topological polar surface area (TPSA) is 22.1 Å². The van der Waals surface area contributed by atoms with Gasteiger partial charge in [-0.15, -0.1) is 0 Å². The number of hydrogen-bond donors (Lipinski definition) is 0. The summed E-state index contributed by atoms with van der Waals surface area (Å²) < 4.78 is 5.25. The van der Waals surface area contributed by atoms with Gasteiger partial charge in [-0.1, -0.05) is 32.1 Å². The van der Waals surface area contributed by atoms with Crippen LogP contribution in [-0.2, 0) is 6.42 Å². The zero-order chi connectivity index (χ0) is 9.14. The molecule has 2 nitrogen and oxygen atoms in total. The van der Waals surface area contributed by atoms with Crippen molar-refractivity contribution >= 4 is 11.3 Å². The van der Waals surface area contributed by atoms with E-state index in [-0.39, 0.29) is 0 Å². The van der Waals surface area contributed by atoms with E-state index < -0.39 is 0 Å². The lowest BCUT2D eigenvalue weighted by Gasteiger charge is -2.02. The molecule has 0 spiro atoms. The number of aryl methyl sites for hydroxylation is 1. The number of rotatable bonds is 3. The summed E-state index contributed by atoms with van der Waals surface area (Å²) in [5, 5.41) is 2.14. The highest BCUT2D eigenvalue weighted by atomic mass is 32.1. The summed E-state index contributed by atoms with van der Waals surface area (Å²) >= 11 is 1.65. The average molecular weight is 185 g/mol. The monoisotopic (exact) mass is 185 g/mol. The lowest BCUT2D eigenvalue weighted by Crippen LogP contribution is -1.91. The second-order valence-electron chi connectivity index (χ2n) is 2.99. The van der Waals surface area contributed by atoms with Crippen LogP contribution in [0.25, 0.3) is 0 Å². The van der Waals surface area contributed by atoms with Crippen LogP contribution in [0.5, 0.6) is 5.06 Å².